The van der Waals surface area contributed by atoms with E-state index in [0.29, 0.717) is 0 Å². The van der Waals surface area contributed by atoms with Gasteiger partial charge in [-0.3, -0.25) is 0 Å². The summed E-state index contributed by atoms with van der Waals surface area (Å²) >= 11 is 0. The van der Waals surface area contributed by atoms with Gasteiger partial charge in [0.2, 0.25) is 0 Å². The predicted octanol–water partition coefficient (Wildman–Crippen LogP) is 17.7. The first-order valence-corrected chi connectivity index (χ1v) is 26.2. The molecule has 0 unspecified atom stereocenters. The second kappa shape index (κ2) is 24.8. The van der Waals surface area contributed by atoms with Crippen molar-refractivity contribution in [3.8, 4) is 11.5 Å². The molecule has 0 bridgehead atoms. The summed E-state index contributed by atoms with van der Waals surface area (Å²) in [6.07, 6.45) is 38.7. The van der Waals surface area contributed by atoms with Crippen LogP contribution in [-0.4, -0.2) is 13.2 Å². The van der Waals surface area contributed by atoms with Gasteiger partial charge in [0, 0.05) is 0 Å². The second-order valence-corrected chi connectivity index (χ2v) is 20.7. The van der Waals surface area contributed by atoms with Gasteiger partial charge in [-0.25, -0.2) is 0 Å². The van der Waals surface area contributed by atoms with E-state index >= 15 is 0 Å². The summed E-state index contributed by atoms with van der Waals surface area (Å²) in [5.74, 6) is 9.03. The van der Waals surface area contributed by atoms with Crippen molar-refractivity contribution < 1.29 is 9.47 Å². The minimum Gasteiger partial charge on any atom is -0.494 e. The van der Waals surface area contributed by atoms with Crippen LogP contribution in [0, 0.1) is 23.7 Å². The largest absolute Gasteiger partial charge is 0.494 e. The monoisotopic (exact) mass is 815 g/mol. The number of ether oxygens (including phenoxy) is 2. The Bertz CT molecular complexity index is 1460. The zero-order valence-electron chi connectivity index (χ0n) is 38.6. The molecular weight excluding hydrogens is 729 g/mol. The van der Waals surface area contributed by atoms with Crippen molar-refractivity contribution in [2.45, 2.75) is 217 Å². The maximum Gasteiger partial charge on any atom is 0.119 e. The molecule has 0 amide bonds. The fraction of sp³-hybridized carbons (Fsp3) is 0.690. The maximum absolute atomic E-state index is 6.01. The molecule has 0 aromatic heterocycles. The Kier molecular flexibility index (Phi) is 18.7. The van der Waals surface area contributed by atoms with E-state index in [0.717, 1.165) is 72.1 Å². The van der Waals surface area contributed by atoms with Crippen molar-refractivity contribution in [2.75, 3.05) is 13.2 Å². The lowest BCUT2D eigenvalue weighted by Crippen LogP contribution is -2.18. The molecule has 4 saturated carbocycles. The highest BCUT2D eigenvalue weighted by Crippen LogP contribution is 2.45. The van der Waals surface area contributed by atoms with Gasteiger partial charge in [-0.15, -0.1) is 0 Å². The standard InChI is InChI=1S/C58H86O2/c1-3-5-7-9-42-59-57-38-34-51(35-39-57)49-26-18-45(19-27-49)14-16-47-22-30-53(31-23-47)55-12-11-13-56(44-55)54-32-24-48(25-33-54)17-15-46-20-28-50(29-21-46)52-36-40-58(41-37-52)60-43-10-8-6-4-2/h11-13,34-41,44-50,53-54H,3-10,14-33,42-43H2,1-2H3. The molecule has 4 fully saturated rings. The van der Waals surface area contributed by atoms with Crippen LogP contribution >= 0.6 is 0 Å². The molecule has 2 nitrogen and oxygen atoms in total. The van der Waals surface area contributed by atoms with Crippen LogP contribution in [0.5, 0.6) is 11.5 Å². The van der Waals surface area contributed by atoms with Crippen LogP contribution in [0.1, 0.15) is 240 Å². The molecular formula is C58H86O2. The molecule has 3 aromatic rings. The third-order valence-corrected chi connectivity index (χ3v) is 16.4. The lowest BCUT2D eigenvalue weighted by molar-refractivity contribution is 0.250. The molecule has 2 heteroatoms. The van der Waals surface area contributed by atoms with E-state index in [4.69, 9.17) is 9.47 Å². The SMILES string of the molecule is CCCCCCOc1ccc(C2CCC(CCC3CCC(c4cccc(C5CCC(CCC6CCC(c7ccc(OCCCCCC)cc7)CC6)CC5)c4)CC3)CC2)cc1. The fourth-order valence-electron chi connectivity index (χ4n) is 12.3. The quantitative estimate of drug-likeness (QED) is 0.0941. The van der Waals surface area contributed by atoms with Crippen LogP contribution in [0.15, 0.2) is 72.8 Å². The van der Waals surface area contributed by atoms with Gasteiger partial charge in [-0.05, 0) is 209 Å². The molecule has 0 aliphatic heterocycles. The molecule has 330 valence electrons. The zero-order valence-corrected chi connectivity index (χ0v) is 38.6. The first-order valence-electron chi connectivity index (χ1n) is 26.2. The van der Waals surface area contributed by atoms with Gasteiger partial charge >= 0.3 is 0 Å². The summed E-state index contributed by atoms with van der Waals surface area (Å²) in [6.45, 7) is 6.25. The summed E-state index contributed by atoms with van der Waals surface area (Å²) in [4.78, 5) is 0. The summed E-state index contributed by atoms with van der Waals surface area (Å²) in [6, 6.07) is 28.3. The van der Waals surface area contributed by atoms with E-state index in [1.54, 1.807) is 22.3 Å². The van der Waals surface area contributed by atoms with E-state index < -0.39 is 0 Å². The molecule has 60 heavy (non-hydrogen) atoms. The Morgan fingerprint density at radius 1 is 0.350 bits per heavy atom. The molecule has 3 aromatic carbocycles. The van der Waals surface area contributed by atoms with Crippen molar-refractivity contribution in [2.24, 2.45) is 23.7 Å². The third-order valence-electron chi connectivity index (χ3n) is 16.4. The highest BCUT2D eigenvalue weighted by atomic mass is 16.5. The molecule has 0 spiro atoms. The van der Waals surface area contributed by atoms with Crippen LogP contribution in [0.3, 0.4) is 0 Å². The van der Waals surface area contributed by atoms with Crippen LogP contribution in [0.25, 0.3) is 0 Å². The molecule has 7 rings (SSSR count). The van der Waals surface area contributed by atoms with E-state index in [1.165, 1.54) is 180 Å². The predicted molar refractivity (Wildman–Crippen MR) is 256 cm³/mol. The average molecular weight is 815 g/mol. The number of hydrogen-bond donors (Lipinski definition) is 0. The Hall–Kier alpha value is -2.74. The van der Waals surface area contributed by atoms with Gasteiger partial charge in [0.1, 0.15) is 11.5 Å². The average Bonchev–Trinajstić information content (AvgIpc) is 3.31. The zero-order chi connectivity index (χ0) is 41.2. The number of rotatable bonds is 22. The number of benzene rings is 3. The van der Waals surface area contributed by atoms with Gasteiger partial charge in [0.05, 0.1) is 13.2 Å². The van der Waals surface area contributed by atoms with Gasteiger partial charge in [0.25, 0.3) is 0 Å². The minimum atomic E-state index is 0.752. The third kappa shape index (κ3) is 14.1. The van der Waals surface area contributed by atoms with E-state index in [1.807, 2.05) is 0 Å². The topological polar surface area (TPSA) is 18.5 Å². The molecule has 4 aliphatic rings. The molecule has 0 heterocycles. The Morgan fingerprint density at radius 2 is 0.667 bits per heavy atom. The van der Waals surface area contributed by atoms with Gasteiger partial charge in [-0.1, -0.05) is 127 Å². The van der Waals surface area contributed by atoms with Crippen molar-refractivity contribution in [3.63, 3.8) is 0 Å². The Morgan fingerprint density at radius 3 is 0.983 bits per heavy atom. The molecule has 4 aliphatic carbocycles. The van der Waals surface area contributed by atoms with E-state index in [-0.39, 0.29) is 0 Å². The van der Waals surface area contributed by atoms with Gasteiger partial charge < -0.3 is 9.47 Å². The van der Waals surface area contributed by atoms with Crippen LogP contribution < -0.4 is 9.47 Å². The van der Waals surface area contributed by atoms with Crippen LogP contribution in [0.2, 0.25) is 0 Å². The lowest BCUT2D eigenvalue weighted by Gasteiger charge is -2.33. The second-order valence-electron chi connectivity index (χ2n) is 20.7. The summed E-state index contributed by atoms with van der Waals surface area (Å²) < 4.78 is 12.0. The summed E-state index contributed by atoms with van der Waals surface area (Å²) in [5, 5.41) is 0. The molecule has 0 atom stereocenters. The molecule has 0 radical (unpaired) electrons. The van der Waals surface area contributed by atoms with Crippen molar-refractivity contribution >= 4 is 0 Å². The number of hydrogen-bond acceptors (Lipinski definition) is 2. The fourth-order valence-corrected chi connectivity index (χ4v) is 12.3. The molecule has 0 N–H and O–H groups in total. The first kappa shape index (κ1) is 45.3. The van der Waals surface area contributed by atoms with Crippen molar-refractivity contribution in [1.82, 2.24) is 0 Å². The Balaban J connectivity index is 0.740. The minimum absolute atomic E-state index is 0.752. The highest BCUT2D eigenvalue weighted by Gasteiger charge is 2.29. The smallest absolute Gasteiger partial charge is 0.119 e. The summed E-state index contributed by atoms with van der Waals surface area (Å²) in [5.41, 5.74) is 6.41. The number of unbranched alkanes of at least 4 members (excludes halogenated alkanes) is 6. The van der Waals surface area contributed by atoms with E-state index in [2.05, 4.69) is 86.6 Å². The van der Waals surface area contributed by atoms with E-state index in [9.17, 15) is 0 Å². The van der Waals surface area contributed by atoms with Gasteiger partial charge in [-0.2, -0.15) is 0 Å². The van der Waals surface area contributed by atoms with Gasteiger partial charge in [0.15, 0.2) is 0 Å². The van der Waals surface area contributed by atoms with Crippen LogP contribution in [0.4, 0.5) is 0 Å². The summed E-state index contributed by atoms with van der Waals surface area (Å²) in [7, 11) is 0. The highest BCUT2D eigenvalue weighted by molar-refractivity contribution is 5.32. The van der Waals surface area contributed by atoms with Crippen molar-refractivity contribution in [3.05, 3.63) is 95.1 Å². The Labute approximate surface area is 368 Å². The van der Waals surface area contributed by atoms with Crippen LogP contribution in [-0.2, 0) is 0 Å². The van der Waals surface area contributed by atoms with Crippen molar-refractivity contribution in [1.29, 1.82) is 0 Å². The molecule has 0 saturated heterocycles. The normalized spacial score (nSPS) is 27.4. The first-order chi connectivity index (χ1) is 29.6. The maximum atomic E-state index is 6.01. The lowest BCUT2D eigenvalue weighted by atomic mass is 9.72.